The van der Waals surface area contributed by atoms with Crippen LogP contribution in [-0.2, 0) is 4.74 Å². The molecule has 106 valence electrons. The van der Waals surface area contributed by atoms with Crippen LogP contribution in [0.3, 0.4) is 0 Å². The zero-order valence-corrected chi connectivity index (χ0v) is 11.9. The summed E-state index contributed by atoms with van der Waals surface area (Å²) in [5.74, 6) is 0.995. The molecule has 1 aliphatic rings. The number of rotatable bonds is 5. The van der Waals surface area contributed by atoms with Gasteiger partial charge in [0, 0.05) is 12.5 Å². The van der Waals surface area contributed by atoms with E-state index in [0.29, 0.717) is 24.7 Å². The Morgan fingerprint density at radius 3 is 3.00 bits per heavy atom. The first-order valence-corrected chi connectivity index (χ1v) is 6.40. The number of ether oxygens (including phenoxy) is 2. The van der Waals surface area contributed by atoms with E-state index in [9.17, 15) is 4.79 Å². The van der Waals surface area contributed by atoms with Gasteiger partial charge in [-0.3, -0.25) is 0 Å². The van der Waals surface area contributed by atoms with E-state index in [0.717, 1.165) is 25.3 Å². The van der Waals surface area contributed by atoms with Gasteiger partial charge in [0.15, 0.2) is 0 Å². The first kappa shape index (κ1) is 15.8. The van der Waals surface area contributed by atoms with Gasteiger partial charge >= 0.3 is 5.97 Å². The van der Waals surface area contributed by atoms with E-state index >= 15 is 0 Å². The quantitative estimate of drug-likeness (QED) is 0.843. The maximum Gasteiger partial charge on any atom is 0.338 e. The summed E-state index contributed by atoms with van der Waals surface area (Å²) < 4.78 is 10.7. The van der Waals surface area contributed by atoms with Crippen LogP contribution in [0, 0.1) is 5.92 Å². The Labute approximate surface area is 119 Å². The molecule has 1 fully saturated rings. The Morgan fingerprint density at radius 2 is 2.32 bits per heavy atom. The lowest BCUT2D eigenvalue weighted by Crippen LogP contribution is -2.15. The van der Waals surface area contributed by atoms with Crippen LogP contribution < -0.4 is 10.1 Å². The van der Waals surface area contributed by atoms with Gasteiger partial charge in [-0.25, -0.2) is 4.79 Å². The van der Waals surface area contributed by atoms with E-state index in [1.54, 1.807) is 19.1 Å². The zero-order chi connectivity index (χ0) is 12.8. The Hall–Kier alpha value is -1.26. The van der Waals surface area contributed by atoms with Crippen LogP contribution >= 0.6 is 12.4 Å². The number of nitrogens with one attached hydrogen (secondary N) is 1. The minimum Gasteiger partial charge on any atom is -0.493 e. The molecular formula is C14H20ClNO3. The van der Waals surface area contributed by atoms with Crippen molar-refractivity contribution in [2.75, 3.05) is 26.3 Å². The van der Waals surface area contributed by atoms with Crippen molar-refractivity contribution >= 4 is 18.4 Å². The van der Waals surface area contributed by atoms with Crippen LogP contribution in [0.4, 0.5) is 0 Å². The highest BCUT2D eigenvalue weighted by atomic mass is 35.5. The molecule has 2 rings (SSSR count). The van der Waals surface area contributed by atoms with E-state index in [1.807, 2.05) is 12.1 Å². The molecule has 0 aliphatic carbocycles. The number of esters is 1. The third-order valence-corrected chi connectivity index (χ3v) is 2.99. The summed E-state index contributed by atoms with van der Waals surface area (Å²) in [5.41, 5.74) is 0.541. The largest absolute Gasteiger partial charge is 0.493 e. The molecule has 1 unspecified atom stereocenters. The molecule has 19 heavy (non-hydrogen) atoms. The second-order valence-corrected chi connectivity index (χ2v) is 4.42. The average molecular weight is 286 g/mol. The van der Waals surface area contributed by atoms with Crippen LogP contribution in [-0.4, -0.2) is 32.3 Å². The van der Waals surface area contributed by atoms with Crippen molar-refractivity contribution in [2.45, 2.75) is 13.3 Å². The van der Waals surface area contributed by atoms with Crippen molar-refractivity contribution in [1.29, 1.82) is 0 Å². The lowest BCUT2D eigenvalue weighted by molar-refractivity contribution is 0.0526. The fourth-order valence-corrected chi connectivity index (χ4v) is 2.00. The molecule has 0 radical (unpaired) electrons. The molecule has 1 atom stereocenters. The van der Waals surface area contributed by atoms with Crippen molar-refractivity contribution in [3.05, 3.63) is 29.8 Å². The molecule has 0 spiro atoms. The third-order valence-electron chi connectivity index (χ3n) is 2.99. The van der Waals surface area contributed by atoms with Gasteiger partial charge < -0.3 is 14.8 Å². The highest BCUT2D eigenvalue weighted by Crippen LogP contribution is 2.16. The van der Waals surface area contributed by atoms with Crippen molar-refractivity contribution < 1.29 is 14.3 Å². The van der Waals surface area contributed by atoms with Gasteiger partial charge in [0.2, 0.25) is 0 Å². The highest BCUT2D eigenvalue weighted by molar-refractivity contribution is 5.89. The van der Waals surface area contributed by atoms with E-state index in [2.05, 4.69) is 5.32 Å². The monoisotopic (exact) mass is 285 g/mol. The lowest BCUT2D eigenvalue weighted by atomic mass is 10.1. The van der Waals surface area contributed by atoms with Gasteiger partial charge in [0.1, 0.15) is 5.75 Å². The number of hydrogen-bond acceptors (Lipinski definition) is 4. The lowest BCUT2D eigenvalue weighted by Gasteiger charge is -2.11. The fourth-order valence-electron chi connectivity index (χ4n) is 2.00. The molecule has 1 aromatic rings. The molecule has 0 bridgehead atoms. The molecule has 1 heterocycles. The number of benzene rings is 1. The summed E-state index contributed by atoms with van der Waals surface area (Å²) in [6.07, 6.45) is 1.15. The van der Waals surface area contributed by atoms with Crippen LogP contribution in [0.25, 0.3) is 0 Å². The van der Waals surface area contributed by atoms with Crippen LogP contribution in [0.2, 0.25) is 0 Å². The molecule has 1 aromatic carbocycles. The predicted octanol–water partition coefficient (Wildman–Crippen LogP) is 2.27. The number of carbonyl (C=O) groups is 1. The molecule has 4 nitrogen and oxygen atoms in total. The fraction of sp³-hybridized carbons (Fsp3) is 0.500. The molecule has 1 aliphatic heterocycles. The minimum absolute atomic E-state index is 0. The maximum atomic E-state index is 11.6. The van der Waals surface area contributed by atoms with Crippen LogP contribution in [0.15, 0.2) is 24.3 Å². The Balaban J connectivity index is 0.00000180. The minimum atomic E-state index is -0.300. The second kappa shape index (κ2) is 8.02. The standard InChI is InChI=1S/C14H19NO3.ClH/c1-2-17-14(16)12-4-3-5-13(8-12)18-10-11-6-7-15-9-11;/h3-5,8,11,15H,2,6-7,9-10H2,1H3;1H. The van der Waals surface area contributed by atoms with Gasteiger partial charge in [0.05, 0.1) is 18.8 Å². The smallest absolute Gasteiger partial charge is 0.338 e. The number of hydrogen-bond donors (Lipinski definition) is 1. The molecule has 1 N–H and O–H groups in total. The molecule has 0 amide bonds. The third kappa shape index (κ3) is 4.73. The van der Waals surface area contributed by atoms with E-state index in [4.69, 9.17) is 9.47 Å². The SMILES string of the molecule is CCOC(=O)c1cccc(OCC2CCNC2)c1.Cl. The summed E-state index contributed by atoms with van der Waals surface area (Å²) in [5, 5.41) is 3.30. The summed E-state index contributed by atoms with van der Waals surface area (Å²) in [4.78, 5) is 11.6. The molecular weight excluding hydrogens is 266 g/mol. The van der Waals surface area contributed by atoms with Gasteiger partial charge in [0.25, 0.3) is 0 Å². The van der Waals surface area contributed by atoms with Gasteiger partial charge in [-0.1, -0.05) is 6.07 Å². The summed E-state index contributed by atoms with van der Waals surface area (Å²) >= 11 is 0. The van der Waals surface area contributed by atoms with Gasteiger partial charge in [-0.15, -0.1) is 12.4 Å². The summed E-state index contributed by atoms with van der Waals surface area (Å²) in [6.45, 7) is 4.96. The zero-order valence-electron chi connectivity index (χ0n) is 11.1. The maximum absolute atomic E-state index is 11.6. The average Bonchev–Trinajstić information content (AvgIpc) is 2.90. The Morgan fingerprint density at radius 1 is 1.47 bits per heavy atom. The summed E-state index contributed by atoms with van der Waals surface area (Å²) in [7, 11) is 0. The van der Waals surface area contributed by atoms with Crippen molar-refractivity contribution in [1.82, 2.24) is 5.32 Å². The topological polar surface area (TPSA) is 47.6 Å². The van der Waals surface area contributed by atoms with E-state index in [-0.39, 0.29) is 18.4 Å². The van der Waals surface area contributed by atoms with Crippen LogP contribution in [0.5, 0.6) is 5.75 Å². The van der Waals surface area contributed by atoms with Crippen LogP contribution in [0.1, 0.15) is 23.7 Å². The first-order chi connectivity index (χ1) is 8.79. The highest BCUT2D eigenvalue weighted by Gasteiger charge is 2.15. The number of halogens is 1. The van der Waals surface area contributed by atoms with E-state index < -0.39 is 0 Å². The molecule has 0 saturated carbocycles. The summed E-state index contributed by atoms with van der Waals surface area (Å²) in [6, 6.07) is 7.15. The van der Waals surface area contributed by atoms with Gasteiger partial charge in [-0.2, -0.15) is 0 Å². The van der Waals surface area contributed by atoms with Crippen molar-refractivity contribution in [3.63, 3.8) is 0 Å². The Kier molecular flexibility index (Phi) is 6.67. The normalized spacial score (nSPS) is 17.6. The van der Waals surface area contributed by atoms with Gasteiger partial charge in [-0.05, 0) is 38.1 Å². The van der Waals surface area contributed by atoms with Crippen molar-refractivity contribution in [3.8, 4) is 5.75 Å². The van der Waals surface area contributed by atoms with E-state index in [1.165, 1.54) is 0 Å². The molecule has 0 aromatic heterocycles. The number of carbonyl (C=O) groups excluding carboxylic acids is 1. The molecule has 5 heteroatoms. The van der Waals surface area contributed by atoms with Crippen molar-refractivity contribution in [2.24, 2.45) is 5.92 Å². The second-order valence-electron chi connectivity index (χ2n) is 4.42. The predicted molar refractivity (Wildman–Crippen MR) is 76.1 cm³/mol. The Bertz CT molecular complexity index is 405. The molecule has 1 saturated heterocycles. The first-order valence-electron chi connectivity index (χ1n) is 6.40.